The number of carbonyl (C=O) groups excluding carboxylic acids is 2. The Balaban J connectivity index is 1.65. The summed E-state index contributed by atoms with van der Waals surface area (Å²) in [6, 6.07) is 7.89. The SMILES string of the molecule is Cc1ccccc1CCNC(=O)COC(=O)CCNS(=O)(=O)c1cn(C)c(C)n1. The van der Waals surface area contributed by atoms with Crippen molar-refractivity contribution in [2.24, 2.45) is 7.05 Å². The zero-order chi connectivity index (χ0) is 21.4. The Morgan fingerprint density at radius 1 is 1.17 bits per heavy atom. The van der Waals surface area contributed by atoms with Crippen LogP contribution < -0.4 is 10.0 Å². The van der Waals surface area contributed by atoms with Gasteiger partial charge < -0.3 is 14.6 Å². The van der Waals surface area contributed by atoms with Gasteiger partial charge in [-0.25, -0.2) is 18.1 Å². The van der Waals surface area contributed by atoms with Gasteiger partial charge in [0.15, 0.2) is 11.6 Å². The van der Waals surface area contributed by atoms with Crippen LogP contribution in [0.4, 0.5) is 0 Å². The van der Waals surface area contributed by atoms with Crippen molar-refractivity contribution >= 4 is 21.9 Å². The Kier molecular flexibility index (Phi) is 7.91. The first kappa shape index (κ1) is 22.6. The molecule has 0 fully saturated rings. The van der Waals surface area contributed by atoms with Crippen molar-refractivity contribution in [2.75, 3.05) is 19.7 Å². The maximum atomic E-state index is 12.1. The second-order valence-corrected chi connectivity index (χ2v) is 8.29. The van der Waals surface area contributed by atoms with Crippen LogP contribution in [0.1, 0.15) is 23.4 Å². The number of sulfonamides is 1. The third-order valence-electron chi connectivity index (χ3n) is 4.33. The number of amides is 1. The van der Waals surface area contributed by atoms with E-state index in [2.05, 4.69) is 15.0 Å². The van der Waals surface area contributed by atoms with Gasteiger partial charge in [0.1, 0.15) is 5.82 Å². The number of aryl methyl sites for hydroxylation is 3. The van der Waals surface area contributed by atoms with Crippen molar-refractivity contribution in [1.82, 2.24) is 19.6 Å². The number of ether oxygens (including phenoxy) is 1. The molecule has 10 heteroatoms. The third-order valence-corrected chi connectivity index (χ3v) is 5.66. The van der Waals surface area contributed by atoms with Crippen molar-refractivity contribution < 1.29 is 22.7 Å². The molecule has 0 unspecified atom stereocenters. The molecule has 0 radical (unpaired) electrons. The second-order valence-electron chi connectivity index (χ2n) is 6.57. The Morgan fingerprint density at radius 2 is 1.90 bits per heavy atom. The maximum Gasteiger partial charge on any atom is 0.307 e. The Hall–Kier alpha value is -2.72. The molecule has 1 heterocycles. The van der Waals surface area contributed by atoms with Crippen LogP contribution in [0.2, 0.25) is 0 Å². The minimum Gasteiger partial charge on any atom is -0.456 e. The summed E-state index contributed by atoms with van der Waals surface area (Å²) in [7, 11) is -2.11. The van der Waals surface area contributed by atoms with Crippen LogP contribution in [0.15, 0.2) is 35.5 Å². The van der Waals surface area contributed by atoms with E-state index in [1.807, 2.05) is 31.2 Å². The highest BCUT2D eigenvalue weighted by Gasteiger charge is 2.18. The highest BCUT2D eigenvalue weighted by atomic mass is 32.2. The van der Waals surface area contributed by atoms with Crippen molar-refractivity contribution in [3.8, 4) is 0 Å². The van der Waals surface area contributed by atoms with Crippen LogP contribution in [0.3, 0.4) is 0 Å². The van der Waals surface area contributed by atoms with Crippen molar-refractivity contribution in [3.05, 3.63) is 47.4 Å². The molecular weight excluding hydrogens is 396 g/mol. The number of nitrogens with one attached hydrogen (secondary N) is 2. The largest absolute Gasteiger partial charge is 0.456 e. The molecule has 158 valence electrons. The van der Waals surface area contributed by atoms with E-state index in [0.29, 0.717) is 18.8 Å². The molecular formula is C19H26N4O5S. The Morgan fingerprint density at radius 3 is 2.55 bits per heavy atom. The number of imidazole rings is 1. The van der Waals surface area contributed by atoms with E-state index in [1.165, 1.54) is 6.20 Å². The van der Waals surface area contributed by atoms with Gasteiger partial charge >= 0.3 is 5.97 Å². The number of benzene rings is 1. The minimum absolute atomic E-state index is 0.112. The van der Waals surface area contributed by atoms with Gasteiger partial charge in [-0.15, -0.1) is 0 Å². The number of esters is 1. The lowest BCUT2D eigenvalue weighted by Gasteiger charge is -2.08. The van der Waals surface area contributed by atoms with Crippen LogP contribution in [-0.2, 0) is 37.8 Å². The highest BCUT2D eigenvalue weighted by Crippen LogP contribution is 2.08. The monoisotopic (exact) mass is 422 g/mol. The van der Waals surface area contributed by atoms with E-state index in [9.17, 15) is 18.0 Å². The molecule has 0 aliphatic heterocycles. The number of rotatable bonds is 10. The van der Waals surface area contributed by atoms with Gasteiger partial charge in [-0.05, 0) is 31.4 Å². The molecule has 1 aromatic heterocycles. The predicted octanol–water partition coefficient (Wildman–Crippen LogP) is 0.607. The summed E-state index contributed by atoms with van der Waals surface area (Å²) in [6.07, 6.45) is 1.87. The van der Waals surface area contributed by atoms with E-state index in [1.54, 1.807) is 18.5 Å². The van der Waals surface area contributed by atoms with Gasteiger partial charge in [0, 0.05) is 26.3 Å². The third kappa shape index (κ3) is 6.99. The fraction of sp³-hybridized carbons (Fsp3) is 0.421. The zero-order valence-corrected chi connectivity index (χ0v) is 17.6. The first-order valence-corrected chi connectivity index (χ1v) is 10.6. The van der Waals surface area contributed by atoms with Crippen LogP contribution in [0.5, 0.6) is 0 Å². The van der Waals surface area contributed by atoms with Crippen molar-refractivity contribution in [3.63, 3.8) is 0 Å². The van der Waals surface area contributed by atoms with Crippen molar-refractivity contribution in [2.45, 2.75) is 31.7 Å². The fourth-order valence-corrected chi connectivity index (χ4v) is 3.58. The molecule has 0 spiro atoms. The van der Waals surface area contributed by atoms with E-state index in [4.69, 9.17) is 4.74 Å². The summed E-state index contributed by atoms with van der Waals surface area (Å²) in [4.78, 5) is 27.4. The molecule has 1 aromatic carbocycles. The second kappa shape index (κ2) is 10.2. The molecule has 29 heavy (non-hydrogen) atoms. The first-order chi connectivity index (χ1) is 13.7. The topological polar surface area (TPSA) is 119 Å². The molecule has 0 bridgehead atoms. The number of carbonyl (C=O) groups is 2. The van der Waals surface area contributed by atoms with Gasteiger partial charge in [0.2, 0.25) is 0 Å². The van der Waals surface area contributed by atoms with Gasteiger partial charge in [-0.2, -0.15) is 0 Å². The summed E-state index contributed by atoms with van der Waals surface area (Å²) in [5.74, 6) is -0.520. The van der Waals surface area contributed by atoms with Gasteiger partial charge in [-0.3, -0.25) is 9.59 Å². The average molecular weight is 423 g/mol. The smallest absolute Gasteiger partial charge is 0.307 e. The molecule has 0 saturated carbocycles. The highest BCUT2D eigenvalue weighted by molar-refractivity contribution is 7.89. The summed E-state index contributed by atoms with van der Waals surface area (Å²) in [5.41, 5.74) is 2.29. The standard InChI is InChI=1S/C19H26N4O5S/c1-14-6-4-5-7-16(14)8-10-20-17(24)13-28-19(25)9-11-21-29(26,27)18-12-23(3)15(2)22-18/h4-7,12,21H,8-11,13H2,1-3H3,(H,20,24). The first-order valence-electron chi connectivity index (χ1n) is 9.15. The minimum atomic E-state index is -3.80. The quantitative estimate of drug-likeness (QED) is 0.542. The van der Waals surface area contributed by atoms with Crippen molar-refractivity contribution in [1.29, 1.82) is 0 Å². The molecule has 2 N–H and O–H groups in total. The summed E-state index contributed by atoms with van der Waals surface area (Å²) >= 11 is 0. The average Bonchev–Trinajstić information content (AvgIpc) is 3.01. The normalized spacial score (nSPS) is 11.3. The fourth-order valence-electron chi connectivity index (χ4n) is 2.51. The molecule has 2 rings (SSSR count). The number of hydrogen-bond acceptors (Lipinski definition) is 6. The van der Waals surface area contributed by atoms with Crippen LogP contribution >= 0.6 is 0 Å². The van der Waals surface area contributed by atoms with Crippen LogP contribution in [0.25, 0.3) is 0 Å². The van der Waals surface area contributed by atoms with Crippen LogP contribution in [-0.4, -0.2) is 49.5 Å². The van der Waals surface area contributed by atoms with E-state index in [0.717, 1.165) is 11.1 Å². The molecule has 0 saturated heterocycles. The number of hydrogen-bond donors (Lipinski definition) is 2. The predicted molar refractivity (Wildman–Crippen MR) is 107 cm³/mol. The molecule has 9 nitrogen and oxygen atoms in total. The summed E-state index contributed by atoms with van der Waals surface area (Å²) in [6.45, 7) is 3.57. The lowest BCUT2D eigenvalue weighted by atomic mass is 10.1. The van der Waals surface area contributed by atoms with Crippen LogP contribution in [0, 0.1) is 13.8 Å². The Labute approximate surface area is 170 Å². The molecule has 1 amide bonds. The zero-order valence-electron chi connectivity index (χ0n) is 16.8. The Bertz CT molecular complexity index is 949. The lowest BCUT2D eigenvalue weighted by Crippen LogP contribution is -2.31. The molecule has 0 aliphatic rings. The molecule has 2 aromatic rings. The molecule has 0 atom stereocenters. The summed E-state index contributed by atoms with van der Waals surface area (Å²) in [5, 5.41) is 2.57. The lowest BCUT2D eigenvalue weighted by molar-refractivity contribution is -0.148. The number of nitrogens with zero attached hydrogens (tertiary/aromatic N) is 2. The number of aromatic nitrogens is 2. The van der Waals surface area contributed by atoms with E-state index < -0.39 is 28.5 Å². The van der Waals surface area contributed by atoms with Gasteiger partial charge in [0.25, 0.3) is 15.9 Å². The van der Waals surface area contributed by atoms with E-state index >= 15 is 0 Å². The maximum absolute atomic E-state index is 12.1. The van der Waals surface area contributed by atoms with E-state index in [-0.39, 0.29) is 18.0 Å². The van der Waals surface area contributed by atoms with Gasteiger partial charge in [0.05, 0.1) is 6.42 Å². The molecule has 0 aliphatic carbocycles. The summed E-state index contributed by atoms with van der Waals surface area (Å²) < 4.78 is 32.9. The van der Waals surface area contributed by atoms with Gasteiger partial charge in [-0.1, -0.05) is 24.3 Å².